The van der Waals surface area contributed by atoms with Crippen molar-refractivity contribution in [1.29, 1.82) is 0 Å². The second-order valence-corrected chi connectivity index (χ2v) is 12.9. The maximum Gasteiger partial charge on any atom is 0.402 e. The Balaban J connectivity index is 1.43. The first-order valence-corrected chi connectivity index (χ1v) is 16.6. The Labute approximate surface area is 303 Å². The first-order valence-electron chi connectivity index (χ1n) is 16.6. The molecule has 0 saturated carbocycles. The predicted octanol–water partition coefficient (Wildman–Crippen LogP) is -4.67. The molecule has 298 valence electrons. The number of phenolic OH excluding ortho intramolecular Hbond substituents is 2. The van der Waals surface area contributed by atoms with Gasteiger partial charge in [0.05, 0.1) is 31.5 Å². The minimum absolute atomic E-state index is 0.00799. The molecule has 21 heteroatoms. The van der Waals surface area contributed by atoms with E-state index in [0.29, 0.717) is 0 Å². The number of benzene rings is 2. The molecule has 3 aliphatic heterocycles. The number of ether oxygens (including phenoxy) is 6. The highest BCUT2D eigenvalue weighted by molar-refractivity contribution is 5.89. The molecule has 6 rings (SSSR count). The number of aliphatic hydroxyl groups is 12. The molecule has 14 N–H and O–H groups in total. The molecule has 0 unspecified atom stereocenters. The second-order valence-electron chi connectivity index (χ2n) is 12.9. The average molecular weight is 774 g/mol. The molecule has 0 amide bonds. The number of hydrogen-bond donors (Lipinski definition) is 14. The molecule has 0 aliphatic carbocycles. The van der Waals surface area contributed by atoms with E-state index in [9.17, 15) is 71.5 Å². The zero-order valence-corrected chi connectivity index (χ0v) is 27.9. The SMILES string of the molecule is OC[C@H]1O[C@@H](Oc2cc(-c3[o+]c4cc(O)cc(O[C@@H]5O[C@H](CO)[C@@H](O)[C@H](O)[C@H]5O)c4cc3O[C@@H]3O[C@H](CO)[C@@H](O)[C@H](O)[C@H]3O)ccc2O)[C@H](O)[C@@H](O)[C@@H]1O. The van der Waals surface area contributed by atoms with Crippen LogP contribution in [0.3, 0.4) is 0 Å². The van der Waals surface area contributed by atoms with Crippen LogP contribution in [-0.4, -0.2) is 183 Å². The van der Waals surface area contributed by atoms with Gasteiger partial charge in [0.1, 0.15) is 90.1 Å². The number of fused-ring (bicyclic) bond motifs is 1. The lowest BCUT2D eigenvalue weighted by Crippen LogP contribution is -2.60. The van der Waals surface area contributed by atoms with Crippen LogP contribution >= 0.6 is 0 Å². The lowest BCUT2D eigenvalue weighted by Gasteiger charge is -2.39. The van der Waals surface area contributed by atoms with Crippen molar-refractivity contribution in [2.24, 2.45) is 0 Å². The lowest BCUT2D eigenvalue weighted by molar-refractivity contribution is -0.277. The molecule has 4 heterocycles. The van der Waals surface area contributed by atoms with E-state index in [1.807, 2.05) is 0 Å². The van der Waals surface area contributed by atoms with Gasteiger partial charge in [0, 0.05) is 18.2 Å². The second kappa shape index (κ2) is 16.2. The topological polar surface area (TPSA) is 350 Å². The molecular weight excluding hydrogens is 732 g/mol. The fourth-order valence-electron chi connectivity index (χ4n) is 6.18. The van der Waals surface area contributed by atoms with Crippen LogP contribution in [0.5, 0.6) is 28.7 Å². The third kappa shape index (κ3) is 7.58. The number of aromatic hydroxyl groups is 2. The Kier molecular flexibility index (Phi) is 11.9. The van der Waals surface area contributed by atoms with Gasteiger partial charge in [0.15, 0.2) is 11.5 Å². The van der Waals surface area contributed by atoms with Crippen molar-refractivity contribution in [2.75, 3.05) is 19.8 Å². The maximum absolute atomic E-state index is 10.8. The Morgan fingerprint density at radius 2 is 0.944 bits per heavy atom. The van der Waals surface area contributed by atoms with Gasteiger partial charge in [-0.05, 0) is 12.1 Å². The third-order valence-corrected chi connectivity index (χ3v) is 9.30. The molecular formula is C33H41O21+. The largest absolute Gasteiger partial charge is 0.507 e. The Morgan fingerprint density at radius 3 is 1.41 bits per heavy atom. The van der Waals surface area contributed by atoms with Gasteiger partial charge in [-0.1, -0.05) is 0 Å². The van der Waals surface area contributed by atoms with E-state index in [1.165, 1.54) is 12.1 Å². The van der Waals surface area contributed by atoms with Crippen molar-refractivity contribution >= 4 is 11.0 Å². The minimum Gasteiger partial charge on any atom is -0.507 e. The van der Waals surface area contributed by atoms with Gasteiger partial charge in [-0.15, -0.1) is 0 Å². The van der Waals surface area contributed by atoms with Crippen molar-refractivity contribution in [2.45, 2.75) is 92.1 Å². The molecule has 0 radical (unpaired) electrons. The Morgan fingerprint density at radius 1 is 0.500 bits per heavy atom. The minimum atomic E-state index is -1.92. The molecule has 3 fully saturated rings. The molecule has 3 aliphatic rings. The van der Waals surface area contributed by atoms with Gasteiger partial charge in [0.2, 0.25) is 24.6 Å². The van der Waals surface area contributed by atoms with Gasteiger partial charge in [-0.2, -0.15) is 0 Å². The van der Waals surface area contributed by atoms with Crippen LogP contribution in [0.4, 0.5) is 0 Å². The lowest BCUT2D eigenvalue weighted by atomic mass is 9.99. The van der Waals surface area contributed by atoms with Gasteiger partial charge in [-0.3, -0.25) is 0 Å². The van der Waals surface area contributed by atoms with Crippen molar-refractivity contribution in [3.63, 3.8) is 0 Å². The number of aliphatic hydroxyl groups excluding tert-OH is 12. The highest BCUT2D eigenvalue weighted by Gasteiger charge is 2.48. The van der Waals surface area contributed by atoms with Gasteiger partial charge in [-0.25, -0.2) is 4.42 Å². The van der Waals surface area contributed by atoms with Crippen LogP contribution in [0.1, 0.15) is 0 Å². The van der Waals surface area contributed by atoms with Crippen molar-refractivity contribution < 1.29 is 104 Å². The van der Waals surface area contributed by atoms with E-state index >= 15 is 0 Å². The smallest absolute Gasteiger partial charge is 0.402 e. The molecule has 1 aromatic heterocycles. The molecule has 0 bridgehead atoms. The van der Waals surface area contributed by atoms with Gasteiger partial charge in [0.25, 0.3) is 0 Å². The molecule has 3 aromatic rings. The summed E-state index contributed by atoms with van der Waals surface area (Å²) in [6.45, 7) is -2.33. The quantitative estimate of drug-likeness (QED) is 0.0861. The summed E-state index contributed by atoms with van der Waals surface area (Å²) in [5.41, 5.74) is -0.149. The zero-order valence-electron chi connectivity index (χ0n) is 27.9. The summed E-state index contributed by atoms with van der Waals surface area (Å²) in [4.78, 5) is 0. The van der Waals surface area contributed by atoms with E-state index in [4.69, 9.17) is 32.8 Å². The van der Waals surface area contributed by atoms with E-state index < -0.39 is 129 Å². The van der Waals surface area contributed by atoms with Crippen molar-refractivity contribution in [3.8, 4) is 40.1 Å². The molecule has 0 spiro atoms. The fourth-order valence-corrected chi connectivity index (χ4v) is 6.18. The summed E-state index contributed by atoms with van der Waals surface area (Å²) in [5.74, 6) is -2.25. The Hall–Kier alpha value is -3.75. The molecule has 21 nitrogen and oxygen atoms in total. The van der Waals surface area contributed by atoms with Crippen LogP contribution in [0, 0.1) is 0 Å². The van der Waals surface area contributed by atoms with Crippen molar-refractivity contribution in [1.82, 2.24) is 0 Å². The molecule has 2 aromatic carbocycles. The summed E-state index contributed by atoms with van der Waals surface area (Å²) in [6, 6.07) is 6.96. The van der Waals surface area contributed by atoms with E-state index in [0.717, 1.165) is 24.3 Å². The summed E-state index contributed by atoms with van der Waals surface area (Å²) >= 11 is 0. The van der Waals surface area contributed by atoms with Crippen LogP contribution in [0.25, 0.3) is 22.3 Å². The Bertz CT molecular complexity index is 1750. The average Bonchev–Trinajstić information content (AvgIpc) is 3.16. The van der Waals surface area contributed by atoms with Crippen molar-refractivity contribution in [3.05, 3.63) is 36.4 Å². The van der Waals surface area contributed by atoms with E-state index in [-0.39, 0.29) is 33.8 Å². The monoisotopic (exact) mass is 773 g/mol. The van der Waals surface area contributed by atoms with Crippen LogP contribution in [-0.2, 0) is 14.2 Å². The summed E-state index contributed by atoms with van der Waals surface area (Å²) in [6.07, 6.45) is -25.6. The number of rotatable bonds is 10. The summed E-state index contributed by atoms with van der Waals surface area (Å²) < 4.78 is 39.8. The van der Waals surface area contributed by atoms with E-state index in [1.54, 1.807) is 0 Å². The summed E-state index contributed by atoms with van der Waals surface area (Å²) in [5, 5.41) is 144. The first-order chi connectivity index (χ1) is 25.7. The normalized spacial score (nSPS) is 37.2. The van der Waals surface area contributed by atoms with Gasteiger partial charge >= 0.3 is 11.3 Å². The number of hydrogen-bond acceptors (Lipinski definition) is 20. The number of phenols is 2. The summed E-state index contributed by atoms with van der Waals surface area (Å²) in [7, 11) is 0. The van der Waals surface area contributed by atoms with Gasteiger partial charge < -0.3 is 99.9 Å². The zero-order chi connectivity index (χ0) is 39.2. The van der Waals surface area contributed by atoms with Crippen LogP contribution in [0.2, 0.25) is 0 Å². The third-order valence-electron chi connectivity index (χ3n) is 9.30. The van der Waals surface area contributed by atoms with Crippen LogP contribution in [0.15, 0.2) is 40.8 Å². The molecule has 15 atom stereocenters. The highest BCUT2D eigenvalue weighted by atomic mass is 16.7. The highest BCUT2D eigenvalue weighted by Crippen LogP contribution is 2.44. The fraction of sp³-hybridized carbons (Fsp3) is 0.545. The van der Waals surface area contributed by atoms with E-state index in [2.05, 4.69) is 0 Å². The van der Waals surface area contributed by atoms with Crippen LogP contribution < -0.4 is 14.2 Å². The standard InChI is InChI=1S/C33H40O21/c34-7-18-21(39)24(42)27(45)31(52-18)49-15-5-11(37)4-14-12(15)6-17(51-33-29(47)26(44)23(41)20(9-36)54-33)30(48-14)10-1-2-13(38)16(3-10)50-32-28(46)25(43)22(40)19(8-35)53-32/h1-6,18-29,31-36,39-47H,7-9H2,(H-,37,38)/p+1/t18-,19-,20-,21-,22-,23-,24+,25+,26+,27-,28-,29-,31-,32-,33-/m1/s1. The molecule has 54 heavy (non-hydrogen) atoms. The maximum atomic E-state index is 10.8. The first kappa shape index (κ1) is 39.9. The predicted molar refractivity (Wildman–Crippen MR) is 173 cm³/mol. The molecule has 3 saturated heterocycles.